The second kappa shape index (κ2) is 10.0. The molecule has 1 atom stereocenters. The Labute approximate surface area is 228 Å². The molecule has 4 N–H and O–H groups in total. The number of benzene rings is 1. The molecule has 0 radical (unpaired) electrons. The molecule has 1 fully saturated rings. The molecule has 1 aromatic carbocycles. The van der Waals surface area contributed by atoms with Crippen LogP contribution < -0.4 is 10.5 Å². The molecule has 208 valence electrons. The van der Waals surface area contributed by atoms with Crippen LogP contribution in [0.5, 0.6) is 0 Å². The SMILES string of the molecule is CCS(=O)(=O)N1CC[C@H](Nc2ccnc3nc(-c4cc(C)n(-c5cc(CS(N)(=O)=O)ccc5C)c4C)[nH]c23)C1. The van der Waals surface area contributed by atoms with Crippen LogP contribution >= 0.6 is 0 Å². The summed E-state index contributed by atoms with van der Waals surface area (Å²) in [5, 5.41) is 8.76. The summed E-state index contributed by atoms with van der Waals surface area (Å²) < 4.78 is 51.5. The van der Waals surface area contributed by atoms with Crippen LogP contribution in [0, 0.1) is 20.8 Å². The molecule has 5 rings (SSSR count). The average molecular weight is 572 g/mol. The number of fused-ring (bicyclic) bond motifs is 1. The van der Waals surface area contributed by atoms with Gasteiger partial charge in [0.15, 0.2) is 5.65 Å². The van der Waals surface area contributed by atoms with Crippen molar-refractivity contribution in [3.05, 3.63) is 59.0 Å². The number of imidazole rings is 1. The number of nitrogens with one attached hydrogen (secondary N) is 2. The van der Waals surface area contributed by atoms with Crippen molar-refractivity contribution < 1.29 is 16.8 Å². The number of pyridine rings is 1. The van der Waals surface area contributed by atoms with Crippen LogP contribution in [0.2, 0.25) is 0 Å². The molecule has 39 heavy (non-hydrogen) atoms. The number of aromatic amines is 1. The van der Waals surface area contributed by atoms with E-state index in [1.165, 1.54) is 4.31 Å². The normalized spacial score (nSPS) is 16.8. The number of primary sulfonamides is 1. The molecule has 4 heterocycles. The first-order valence-electron chi connectivity index (χ1n) is 12.7. The Kier molecular flexibility index (Phi) is 7.04. The number of sulfonamides is 2. The lowest BCUT2D eigenvalue weighted by Crippen LogP contribution is -2.32. The summed E-state index contributed by atoms with van der Waals surface area (Å²) in [6.45, 7) is 8.55. The van der Waals surface area contributed by atoms with Crippen molar-refractivity contribution >= 4 is 36.9 Å². The van der Waals surface area contributed by atoms with E-state index in [4.69, 9.17) is 10.1 Å². The zero-order chi connectivity index (χ0) is 28.1. The predicted octanol–water partition coefficient (Wildman–Crippen LogP) is 2.97. The third kappa shape index (κ3) is 5.44. The van der Waals surface area contributed by atoms with Crippen LogP contribution in [0.4, 0.5) is 5.69 Å². The smallest absolute Gasteiger partial charge is 0.213 e. The van der Waals surface area contributed by atoms with Crippen molar-refractivity contribution in [2.24, 2.45) is 5.14 Å². The van der Waals surface area contributed by atoms with Crippen LogP contribution in [-0.4, -0.2) is 65.5 Å². The van der Waals surface area contributed by atoms with E-state index in [1.807, 2.05) is 45.0 Å². The second-order valence-electron chi connectivity index (χ2n) is 10.1. The van der Waals surface area contributed by atoms with Gasteiger partial charge in [-0.05, 0) is 63.4 Å². The number of nitrogens with zero attached hydrogens (tertiary/aromatic N) is 4. The van der Waals surface area contributed by atoms with Crippen molar-refractivity contribution in [3.63, 3.8) is 0 Å². The van der Waals surface area contributed by atoms with Gasteiger partial charge < -0.3 is 14.9 Å². The highest BCUT2D eigenvalue weighted by atomic mass is 32.2. The van der Waals surface area contributed by atoms with Gasteiger partial charge in [-0.3, -0.25) is 0 Å². The largest absolute Gasteiger partial charge is 0.379 e. The Hall–Kier alpha value is -3.26. The van der Waals surface area contributed by atoms with Crippen LogP contribution in [-0.2, 0) is 25.8 Å². The predicted molar refractivity (Wildman–Crippen MR) is 153 cm³/mol. The zero-order valence-electron chi connectivity index (χ0n) is 22.4. The van der Waals surface area contributed by atoms with E-state index in [0.29, 0.717) is 30.1 Å². The lowest BCUT2D eigenvalue weighted by Gasteiger charge is -2.17. The zero-order valence-corrected chi connectivity index (χ0v) is 24.0. The number of rotatable bonds is 8. The first-order chi connectivity index (χ1) is 18.4. The molecule has 1 saturated heterocycles. The van der Waals surface area contributed by atoms with Crippen molar-refractivity contribution in [2.45, 2.75) is 45.9 Å². The molecule has 0 saturated carbocycles. The van der Waals surface area contributed by atoms with Gasteiger partial charge in [-0.2, -0.15) is 4.31 Å². The highest BCUT2D eigenvalue weighted by molar-refractivity contribution is 7.89. The third-order valence-electron chi connectivity index (χ3n) is 7.23. The van der Waals surface area contributed by atoms with Gasteiger partial charge in [0, 0.05) is 48.0 Å². The molecule has 11 nitrogen and oxygen atoms in total. The minimum absolute atomic E-state index is 0.0127. The maximum absolute atomic E-state index is 12.3. The minimum Gasteiger partial charge on any atom is -0.379 e. The van der Waals surface area contributed by atoms with Crippen LogP contribution in [0.25, 0.3) is 28.2 Å². The van der Waals surface area contributed by atoms with Crippen molar-refractivity contribution in [1.82, 2.24) is 23.8 Å². The highest BCUT2D eigenvalue weighted by Gasteiger charge is 2.30. The fourth-order valence-corrected chi connectivity index (χ4v) is 7.05. The van der Waals surface area contributed by atoms with Gasteiger partial charge in [-0.25, -0.2) is 31.9 Å². The van der Waals surface area contributed by atoms with Crippen LogP contribution in [0.1, 0.15) is 35.9 Å². The lowest BCUT2D eigenvalue weighted by molar-refractivity contribution is 0.476. The molecule has 0 amide bonds. The van der Waals surface area contributed by atoms with Crippen molar-refractivity contribution in [1.29, 1.82) is 0 Å². The molecule has 0 unspecified atom stereocenters. The van der Waals surface area contributed by atoms with Gasteiger partial charge in [0.2, 0.25) is 20.0 Å². The molecule has 0 spiro atoms. The molecule has 3 aromatic heterocycles. The average Bonchev–Trinajstić information content (AvgIpc) is 3.58. The minimum atomic E-state index is -3.66. The van der Waals surface area contributed by atoms with Gasteiger partial charge in [0.25, 0.3) is 0 Å². The number of anilines is 1. The number of nitrogens with two attached hydrogens (primary N) is 1. The molecular formula is C26H33N7O4S2. The Morgan fingerprint density at radius 1 is 1.13 bits per heavy atom. The highest BCUT2D eigenvalue weighted by Crippen LogP contribution is 2.32. The molecular weight excluding hydrogens is 538 g/mol. The van der Waals surface area contributed by atoms with E-state index in [2.05, 4.69) is 19.9 Å². The van der Waals surface area contributed by atoms with Crippen molar-refractivity contribution in [3.8, 4) is 17.1 Å². The van der Waals surface area contributed by atoms with E-state index in [0.717, 1.165) is 45.8 Å². The van der Waals surface area contributed by atoms with E-state index >= 15 is 0 Å². The van der Waals surface area contributed by atoms with Gasteiger partial charge in [-0.1, -0.05) is 12.1 Å². The van der Waals surface area contributed by atoms with Crippen LogP contribution in [0.15, 0.2) is 36.5 Å². The molecule has 1 aliphatic heterocycles. The van der Waals surface area contributed by atoms with E-state index in [-0.39, 0.29) is 17.5 Å². The summed E-state index contributed by atoms with van der Waals surface area (Å²) in [5.41, 5.74) is 7.42. The lowest BCUT2D eigenvalue weighted by atomic mass is 10.1. The van der Waals surface area contributed by atoms with Gasteiger partial charge >= 0.3 is 0 Å². The number of H-pyrrole nitrogens is 1. The summed E-state index contributed by atoms with van der Waals surface area (Å²) in [4.78, 5) is 12.6. The monoisotopic (exact) mass is 571 g/mol. The summed E-state index contributed by atoms with van der Waals surface area (Å²) in [5.74, 6) is 0.518. The number of aromatic nitrogens is 4. The Balaban J connectivity index is 1.48. The quantitative estimate of drug-likeness (QED) is 0.293. The second-order valence-corrected chi connectivity index (χ2v) is 14.0. The van der Waals surface area contributed by atoms with Gasteiger partial charge in [0.05, 0.1) is 17.2 Å². The number of hydrogen-bond donors (Lipinski definition) is 3. The van der Waals surface area contributed by atoms with Crippen molar-refractivity contribution in [2.75, 3.05) is 24.2 Å². The summed E-state index contributed by atoms with van der Waals surface area (Å²) in [6, 6.07) is 9.42. The summed E-state index contributed by atoms with van der Waals surface area (Å²) in [7, 11) is -6.88. The standard InChI is InChI=1S/C26H33N7O4S2/c1-5-39(36,37)32-11-9-20(14-32)29-22-8-10-28-26-24(22)30-25(31-26)21-12-17(3)33(18(21)4)23-13-19(7-6-16(23)2)15-38(27,34)35/h6-8,10,12-13,20H,5,9,11,14-15H2,1-4H3,(H2,27,34,35)(H2,28,29,30,31)/t20-/m0/s1. The maximum Gasteiger partial charge on any atom is 0.213 e. The molecule has 0 aliphatic carbocycles. The Morgan fingerprint density at radius 2 is 1.90 bits per heavy atom. The fraction of sp³-hybridized carbons (Fsp3) is 0.385. The first kappa shape index (κ1) is 27.3. The molecule has 1 aliphatic rings. The van der Waals surface area contributed by atoms with Gasteiger partial charge in [-0.15, -0.1) is 0 Å². The summed E-state index contributed by atoms with van der Waals surface area (Å²) in [6.07, 6.45) is 2.41. The Bertz CT molecular complexity index is 1780. The van der Waals surface area contributed by atoms with Gasteiger partial charge in [0.1, 0.15) is 11.3 Å². The van der Waals surface area contributed by atoms with E-state index < -0.39 is 20.0 Å². The summed E-state index contributed by atoms with van der Waals surface area (Å²) >= 11 is 0. The Morgan fingerprint density at radius 3 is 2.62 bits per heavy atom. The number of aryl methyl sites for hydroxylation is 2. The van der Waals surface area contributed by atoms with Crippen LogP contribution in [0.3, 0.4) is 0 Å². The maximum atomic E-state index is 12.3. The van der Waals surface area contributed by atoms with E-state index in [1.54, 1.807) is 19.2 Å². The van der Waals surface area contributed by atoms with E-state index in [9.17, 15) is 16.8 Å². The fourth-order valence-electron chi connectivity index (χ4n) is 5.25. The third-order valence-corrected chi connectivity index (χ3v) is 9.81. The molecule has 4 aromatic rings. The molecule has 0 bridgehead atoms. The number of hydrogen-bond acceptors (Lipinski definition) is 7. The first-order valence-corrected chi connectivity index (χ1v) is 16.1. The molecule has 13 heteroatoms. The topological polar surface area (TPSA) is 156 Å².